The van der Waals surface area contributed by atoms with E-state index in [1.54, 1.807) is 4.90 Å². The first kappa shape index (κ1) is 19.5. The zero-order valence-electron chi connectivity index (χ0n) is 16.5. The number of nitrogens with zero attached hydrogens (tertiary/aromatic N) is 3. The van der Waals surface area contributed by atoms with Gasteiger partial charge in [0.15, 0.2) is 0 Å². The van der Waals surface area contributed by atoms with Crippen LogP contribution < -0.4 is 9.64 Å². The zero-order valence-corrected chi connectivity index (χ0v) is 16.5. The number of likely N-dealkylation sites (tertiary alicyclic amines) is 1. The van der Waals surface area contributed by atoms with Gasteiger partial charge in [-0.05, 0) is 31.9 Å². The van der Waals surface area contributed by atoms with Gasteiger partial charge in [0.05, 0.1) is 12.3 Å². The van der Waals surface area contributed by atoms with Gasteiger partial charge in [0.25, 0.3) is 0 Å². The van der Waals surface area contributed by atoms with Crippen LogP contribution >= 0.6 is 0 Å². The Morgan fingerprint density at radius 2 is 1.85 bits per heavy atom. The first-order valence-corrected chi connectivity index (χ1v) is 10.1. The Balaban J connectivity index is 1.56. The van der Waals surface area contributed by atoms with Gasteiger partial charge in [0, 0.05) is 52.1 Å². The molecule has 0 aliphatic carbocycles. The van der Waals surface area contributed by atoms with E-state index < -0.39 is 0 Å². The Bertz CT molecular complexity index is 656. The van der Waals surface area contributed by atoms with E-state index in [0.717, 1.165) is 50.3 Å². The van der Waals surface area contributed by atoms with Crippen LogP contribution in [-0.4, -0.2) is 68.0 Å². The largest absolute Gasteiger partial charge is 0.492 e. The van der Waals surface area contributed by atoms with E-state index in [9.17, 15) is 9.59 Å². The van der Waals surface area contributed by atoms with E-state index in [0.29, 0.717) is 26.1 Å². The first-order valence-electron chi connectivity index (χ1n) is 10.1. The second-order valence-corrected chi connectivity index (χ2v) is 7.43. The van der Waals surface area contributed by atoms with E-state index in [1.807, 2.05) is 37.1 Å². The maximum Gasteiger partial charge on any atom is 0.225 e. The molecule has 0 bridgehead atoms. The van der Waals surface area contributed by atoms with Crippen molar-refractivity contribution in [3.8, 4) is 5.75 Å². The molecule has 0 saturated carbocycles. The second kappa shape index (κ2) is 9.11. The average Bonchev–Trinajstić information content (AvgIpc) is 2.84. The van der Waals surface area contributed by atoms with Crippen LogP contribution in [-0.2, 0) is 9.59 Å². The number of carbonyl (C=O) groups is 2. The number of hydrogen-bond acceptors (Lipinski definition) is 4. The van der Waals surface area contributed by atoms with Gasteiger partial charge < -0.3 is 19.4 Å². The summed E-state index contributed by atoms with van der Waals surface area (Å²) in [6.45, 7) is 6.38. The van der Waals surface area contributed by atoms with E-state index in [4.69, 9.17) is 4.74 Å². The molecule has 2 saturated heterocycles. The number of ether oxygens (including phenoxy) is 1. The molecule has 148 valence electrons. The maximum atomic E-state index is 12.8. The highest BCUT2D eigenvalue weighted by molar-refractivity contribution is 5.86. The predicted molar refractivity (Wildman–Crippen MR) is 106 cm³/mol. The van der Waals surface area contributed by atoms with Crippen LogP contribution in [0.15, 0.2) is 24.3 Å². The Kier molecular flexibility index (Phi) is 6.58. The minimum atomic E-state index is -0.151. The van der Waals surface area contributed by atoms with Crippen molar-refractivity contribution < 1.29 is 14.3 Å². The third-order valence-electron chi connectivity index (χ3n) is 5.58. The number of anilines is 1. The topological polar surface area (TPSA) is 53.1 Å². The number of para-hydroxylation sites is 2. The van der Waals surface area contributed by atoms with E-state index in [2.05, 4.69) is 11.0 Å². The van der Waals surface area contributed by atoms with Gasteiger partial charge in [-0.2, -0.15) is 0 Å². The van der Waals surface area contributed by atoms with Crippen LogP contribution in [0.5, 0.6) is 5.75 Å². The van der Waals surface area contributed by atoms with E-state index in [-0.39, 0.29) is 17.7 Å². The minimum Gasteiger partial charge on any atom is -0.492 e. The van der Waals surface area contributed by atoms with Gasteiger partial charge in [0.1, 0.15) is 5.75 Å². The molecule has 27 heavy (non-hydrogen) atoms. The van der Waals surface area contributed by atoms with Crippen LogP contribution in [0.2, 0.25) is 0 Å². The average molecular weight is 373 g/mol. The molecule has 0 radical (unpaired) electrons. The normalized spacial score (nSPS) is 21.2. The van der Waals surface area contributed by atoms with Gasteiger partial charge in [0.2, 0.25) is 11.8 Å². The summed E-state index contributed by atoms with van der Waals surface area (Å²) < 4.78 is 5.73. The van der Waals surface area contributed by atoms with Gasteiger partial charge in [-0.1, -0.05) is 18.6 Å². The number of amides is 2. The molecule has 2 heterocycles. The van der Waals surface area contributed by atoms with Crippen molar-refractivity contribution in [2.45, 2.75) is 32.6 Å². The minimum absolute atomic E-state index is 0.112. The standard InChI is InChI=1S/C21H31N3O3/c1-3-27-19-10-5-4-9-18(19)23-12-14-24(15-13-23)20(25)16-17-8-6-7-11-22(2)21(17)26/h4-5,9-10,17H,3,6-8,11-16H2,1-2H3. The molecule has 1 atom stereocenters. The van der Waals surface area contributed by atoms with Crippen molar-refractivity contribution in [3.63, 3.8) is 0 Å². The molecule has 0 N–H and O–H groups in total. The lowest BCUT2D eigenvalue weighted by Crippen LogP contribution is -2.49. The molecule has 6 nitrogen and oxygen atoms in total. The third kappa shape index (κ3) is 4.73. The van der Waals surface area contributed by atoms with E-state index in [1.165, 1.54) is 0 Å². The third-order valence-corrected chi connectivity index (χ3v) is 5.58. The van der Waals surface area contributed by atoms with Gasteiger partial charge in [-0.25, -0.2) is 0 Å². The molecule has 0 aromatic heterocycles. The Labute approximate surface area is 162 Å². The predicted octanol–water partition coefficient (Wildman–Crippen LogP) is 2.38. The molecule has 2 fully saturated rings. The van der Waals surface area contributed by atoms with Gasteiger partial charge in [-0.3, -0.25) is 9.59 Å². The molecular formula is C21H31N3O3. The number of carbonyl (C=O) groups excluding carboxylic acids is 2. The van der Waals surface area contributed by atoms with Crippen LogP contribution in [0, 0.1) is 5.92 Å². The van der Waals surface area contributed by atoms with Crippen molar-refractivity contribution in [2.24, 2.45) is 5.92 Å². The molecular weight excluding hydrogens is 342 g/mol. The Morgan fingerprint density at radius 3 is 2.59 bits per heavy atom. The van der Waals surface area contributed by atoms with Crippen molar-refractivity contribution in [2.75, 3.05) is 51.3 Å². The van der Waals surface area contributed by atoms with Crippen molar-refractivity contribution >= 4 is 17.5 Å². The molecule has 1 aromatic rings. The van der Waals surface area contributed by atoms with Crippen LogP contribution in [0.25, 0.3) is 0 Å². The lowest BCUT2D eigenvalue weighted by Gasteiger charge is -2.37. The van der Waals surface area contributed by atoms with Crippen molar-refractivity contribution in [1.29, 1.82) is 0 Å². The van der Waals surface area contributed by atoms with Crippen molar-refractivity contribution in [1.82, 2.24) is 9.80 Å². The first-order chi connectivity index (χ1) is 13.1. The van der Waals surface area contributed by atoms with Gasteiger partial charge >= 0.3 is 0 Å². The summed E-state index contributed by atoms with van der Waals surface area (Å²) in [5.41, 5.74) is 1.09. The molecule has 1 aromatic carbocycles. The quantitative estimate of drug-likeness (QED) is 0.795. The smallest absolute Gasteiger partial charge is 0.225 e. The SMILES string of the molecule is CCOc1ccccc1N1CCN(C(=O)CC2CCCCN(C)C2=O)CC1. The van der Waals surface area contributed by atoms with Crippen LogP contribution in [0.1, 0.15) is 32.6 Å². The highest BCUT2D eigenvalue weighted by Gasteiger charge is 2.30. The molecule has 2 aliphatic heterocycles. The zero-order chi connectivity index (χ0) is 19.2. The Morgan fingerprint density at radius 1 is 1.11 bits per heavy atom. The summed E-state index contributed by atoms with van der Waals surface area (Å²) in [6.07, 6.45) is 3.23. The fourth-order valence-electron chi connectivity index (χ4n) is 4.01. The summed E-state index contributed by atoms with van der Waals surface area (Å²) in [5, 5.41) is 0. The fourth-order valence-corrected chi connectivity index (χ4v) is 4.01. The number of rotatable bonds is 5. The fraction of sp³-hybridized carbons (Fsp3) is 0.619. The Hall–Kier alpha value is -2.24. The highest BCUT2D eigenvalue weighted by Crippen LogP contribution is 2.29. The summed E-state index contributed by atoms with van der Waals surface area (Å²) in [7, 11) is 1.85. The molecule has 6 heteroatoms. The van der Waals surface area contributed by atoms with Crippen molar-refractivity contribution in [3.05, 3.63) is 24.3 Å². The molecule has 2 amide bonds. The molecule has 0 spiro atoms. The van der Waals surface area contributed by atoms with E-state index >= 15 is 0 Å². The second-order valence-electron chi connectivity index (χ2n) is 7.43. The molecule has 1 unspecified atom stereocenters. The van der Waals surface area contributed by atoms with Gasteiger partial charge in [-0.15, -0.1) is 0 Å². The lowest BCUT2D eigenvalue weighted by atomic mass is 9.97. The monoisotopic (exact) mass is 373 g/mol. The number of hydrogen-bond donors (Lipinski definition) is 0. The lowest BCUT2D eigenvalue weighted by molar-refractivity contribution is -0.140. The number of benzene rings is 1. The maximum absolute atomic E-state index is 12.8. The summed E-state index contributed by atoms with van der Waals surface area (Å²) in [6, 6.07) is 8.06. The summed E-state index contributed by atoms with van der Waals surface area (Å²) >= 11 is 0. The molecule has 3 rings (SSSR count). The summed E-state index contributed by atoms with van der Waals surface area (Å²) in [4.78, 5) is 31.2. The molecule has 2 aliphatic rings. The van der Waals surface area contributed by atoms with Crippen LogP contribution in [0.4, 0.5) is 5.69 Å². The van der Waals surface area contributed by atoms with Crippen LogP contribution in [0.3, 0.4) is 0 Å². The number of piperazine rings is 1. The highest BCUT2D eigenvalue weighted by atomic mass is 16.5. The summed E-state index contributed by atoms with van der Waals surface area (Å²) in [5.74, 6) is 0.986.